The molecule has 0 radical (unpaired) electrons. The van der Waals surface area contributed by atoms with Crippen LogP contribution in [-0.2, 0) is 9.53 Å². The highest BCUT2D eigenvalue weighted by Crippen LogP contribution is 2.29. The lowest BCUT2D eigenvalue weighted by Crippen LogP contribution is -2.44. The molecule has 0 aromatic carbocycles. The van der Waals surface area contributed by atoms with Crippen molar-refractivity contribution in [3.8, 4) is 0 Å². The topological polar surface area (TPSA) is 29.5 Å². The smallest absolute Gasteiger partial charge is 0.331 e. The first-order valence-electron chi connectivity index (χ1n) is 5.74. The van der Waals surface area contributed by atoms with Gasteiger partial charge in [0, 0.05) is 12.6 Å². The third-order valence-electron chi connectivity index (χ3n) is 3.47. The molecule has 0 amide bonds. The second-order valence-electron chi connectivity index (χ2n) is 4.82. The van der Waals surface area contributed by atoms with E-state index in [0.717, 1.165) is 25.2 Å². The van der Waals surface area contributed by atoms with Crippen molar-refractivity contribution in [2.45, 2.75) is 38.7 Å². The molecule has 0 spiro atoms. The number of cyclic esters (lactones) is 1. The molecular weight excluding hydrogens is 190 g/mol. The lowest BCUT2D eigenvalue weighted by atomic mass is 9.97. The van der Waals surface area contributed by atoms with Gasteiger partial charge in [-0.3, -0.25) is 4.90 Å². The van der Waals surface area contributed by atoms with E-state index in [9.17, 15) is 4.79 Å². The summed E-state index contributed by atoms with van der Waals surface area (Å²) in [6, 6.07) is 0. The minimum atomic E-state index is -0.381. The van der Waals surface area contributed by atoms with E-state index < -0.39 is 0 Å². The van der Waals surface area contributed by atoms with Gasteiger partial charge in [0.25, 0.3) is 0 Å². The van der Waals surface area contributed by atoms with Crippen LogP contribution in [0.2, 0.25) is 0 Å². The molecule has 0 N–H and O–H groups in total. The van der Waals surface area contributed by atoms with E-state index in [1.807, 2.05) is 13.8 Å². The van der Waals surface area contributed by atoms with Gasteiger partial charge in [-0.1, -0.05) is 6.42 Å². The number of esters is 1. The van der Waals surface area contributed by atoms with E-state index in [0.29, 0.717) is 0 Å². The average molecular weight is 209 g/mol. The summed E-state index contributed by atoms with van der Waals surface area (Å²) in [6.07, 6.45) is 5.49. The summed E-state index contributed by atoms with van der Waals surface area (Å²) in [6.45, 7) is 7.12. The monoisotopic (exact) mass is 209 g/mol. The Morgan fingerprint density at radius 3 is 2.60 bits per heavy atom. The van der Waals surface area contributed by atoms with Gasteiger partial charge >= 0.3 is 5.97 Å². The van der Waals surface area contributed by atoms with E-state index in [1.165, 1.54) is 19.3 Å². The highest BCUT2D eigenvalue weighted by atomic mass is 16.6. The number of piperidine rings is 1. The van der Waals surface area contributed by atoms with E-state index in [4.69, 9.17) is 4.74 Å². The zero-order valence-electron chi connectivity index (χ0n) is 9.58. The van der Waals surface area contributed by atoms with Gasteiger partial charge in [-0.25, -0.2) is 4.79 Å². The van der Waals surface area contributed by atoms with Gasteiger partial charge in [0.15, 0.2) is 0 Å². The first-order valence-corrected chi connectivity index (χ1v) is 5.74. The van der Waals surface area contributed by atoms with Crippen LogP contribution in [0.4, 0.5) is 0 Å². The molecule has 2 aliphatic rings. The Hall–Kier alpha value is -0.830. The van der Waals surface area contributed by atoms with Crippen LogP contribution in [0.25, 0.3) is 0 Å². The molecule has 84 valence electrons. The van der Waals surface area contributed by atoms with Gasteiger partial charge in [0.2, 0.25) is 0 Å². The number of carbonyl (C=O) groups is 1. The van der Waals surface area contributed by atoms with Crippen LogP contribution in [0.3, 0.4) is 0 Å². The van der Waals surface area contributed by atoms with Crippen LogP contribution in [0.1, 0.15) is 33.1 Å². The number of nitrogens with zero attached hydrogens (tertiary/aromatic N) is 1. The van der Waals surface area contributed by atoms with E-state index >= 15 is 0 Å². The van der Waals surface area contributed by atoms with Gasteiger partial charge in [-0.2, -0.15) is 0 Å². The fourth-order valence-electron chi connectivity index (χ4n) is 2.36. The van der Waals surface area contributed by atoms with E-state index in [1.54, 1.807) is 6.08 Å². The van der Waals surface area contributed by atoms with Gasteiger partial charge in [-0.05, 0) is 45.4 Å². The molecule has 15 heavy (non-hydrogen) atoms. The number of likely N-dealkylation sites (tertiary alicyclic amines) is 1. The molecule has 2 heterocycles. The Bertz CT molecular complexity index is 292. The highest BCUT2D eigenvalue weighted by molar-refractivity contribution is 5.86. The first kappa shape index (κ1) is 10.7. The zero-order chi connectivity index (χ0) is 10.9. The lowest BCUT2D eigenvalue weighted by Gasteiger charge is -2.34. The standard InChI is InChI=1S/C12H19NO2/c1-10-8-11(14)15-12(10,2)9-13-6-4-3-5-7-13/h8H,3-7,9H2,1-2H3. The summed E-state index contributed by atoms with van der Waals surface area (Å²) in [5.41, 5.74) is 0.673. The maximum absolute atomic E-state index is 11.2. The van der Waals surface area contributed by atoms with Crippen LogP contribution in [-0.4, -0.2) is 36.1 Å². The average Bonchev–Trinajstić information content (AvgIpc) is 2.41. The molecule has 1 atom stereocenters. The quantitative estimate of drug-likeness (QED) is 0.649. The Labute approximate surface area is 91.1 Å². The number of ether oxygens (including phenoxy) is 1. The predicted octanol–water partition coefficient (Wildman–Crippen LogP) is 1.73. The molecule has 1 saturated heterocycles. The highest BCUT2D eigenvalue weighted by Gasteiger charge is 2.37. The summed E-state index contributed by atoms with van der Waals surface area (Å²) >= 11 is 0. The predicted molar refractivity (Wildman–Crippen MR) is 58.5 cm³/mol. The van der Waals surface area contributed by atoms with Crippen LogP contribution in [0, 0.1) is 0 Å². The molecule has 2 rings (SSSR count). The molecule has 1 fully saturated rings. The third-order valence-corrected chi connectivity index (χ3v) is 3.47. The summed E-state index contributed by atoms with van der Waals surface area (Å²) in [5, 5.41) is 0. The molecular formula is C12H19NO2. The lowest BCUT2D eigenvalue weighted by molar-refractivity contribution is -0.146. The van der Waals surface area contributed by atoms with Crippen molar-refractivity contribution in [2.75, 3.05) is 19.6 Å². The summed E-state index contributed by atoms with van der Waals surface area (Å²) < 4.78 is 5.39. The van der Waals surface area contributed by atoms with Gasteiger partial charge in [0.05, 0.1) is 0 Å². The van der Waals surface area contributed by atoms with Crippen LogP contribution in [0.15, 0.2) is 11.6 Å². The summed E-state index contributed by atoms with van der Waals surface area (Å²) in [5.74, 6) is -0.188. The number of rotatable bonds is 2. The summed E-state index contributed by atoms with van der Waals surface area (Å²) in [7, 11) is 0. The minimum absolute atomic E-state index is 0.188. The van der Waals surface area contributed by atoms with Gasteiger partial charge in [0.1, 0.15) is 5.60 Å². The normalized spacial score (nSPS) is 32.7. The second-order valence-corrected chi connectivity index (χ2v) is 4.82. The third kappa shape index (κ3) is 2.23. The largest absolute Gasteiger partial charge is 0.450 e. The van der Waals surface area contributed by atoms with Crippen LogP contribution < -0.4 is 0 Å². The number of hydrogen-bond donors (Lipinski definition) is 0. The van der Waals surface area contributed by atoms with Crippen LogP contribution in [0.5, 0.6) is 0 Å². The maximum atomic E-state index is 11.2. The molecule has 0 saturated carbocycles. The van der Waals surface area contributed by atoms with E-state index in [-0.39, 0.29) is 11.6 Å². The fourth-order valence-corrected chi connectivity index (χ4v) is 2.36. The molecule has 3 nitrogen and oxygen atoms in total. The van der Waals surface area contributed by atoms with Crippen molar-refractivity contribution >= 4 is 5.97 Å². The summed E-state index contributed by atoms with van der Waals surface area (Å²) in [4.78, 5) is 13.6. The van der Waals surface area contributed by atoms with E-state index in [2.05, 4.69) is 4.90 Å². The van der Waals surface area contributed by atoms with Gasteiger partial charge in [-0.15, -0.1) is 0 Å². The molecule has 0 aromatic rings. The fraction of sp³-hybridized carbons (Fsp3) is 0.750. The maximum Gasteiger partial charge on any atom is 0.331 e. The molecule has 0 bridgehead atoms. The number of hydrogen-bond acceptors (Lipinski definition) is 3. The van der Waals surface area contributed by atoms with Crippen molar-refractivity contribution in [1.29, 1.82) is 0 Å². The van der Waals surface area contributed by atoms with Crippen molar-refractivity contribution in [1.82, 2.24) is 4.90 Å². The Kier molecular flexibility index (Phi) is 2.83. The van der Waals surface area contributed by atoms with Crippen molar-refractivity contribution in [2.24, 2.45) is 0 Å². The van der Waals surface area contributed by atoms with Gasteiger partial charge < -0.3 is 4.74 Å². The molecule has 3 heteroatoms. The van der Waals surface area contributed by atoms with Crippen molar-refractivity contribution < 1.29 is 9.53 Å². The number of carbonyl (C=O) groups excluding carboxylic acids is 1. The Morgan fingerprint density at radius 2 is 2.07 bits per heavy atom. The molecule has 0 aliphatic carbocycles. The Balaban J connectivity index is 1.98. The molecule has 0 aromatic heterocycles. The zero-order valence-corrected chi connectivity index (χ0v) is 9.58. The minimum Gasteiger partial charge on any atom is -0.450 e. The van der Waals surface area contributed by atoms with Crippen LogP contribution >= 0.6 is 0 Å². The SMILES string of the molecule is CC1=CC(=O)OC1(C)CN1CCCCC1. The second kappa shape index (κ2) is 3.97. The molecule has 1 unspecified atom stereocenters. The molecule has 2 aliphatic heterocycles. The van der Waals surface area contributed by atoms with Crippen molar-refractivity contribution in [3.63, 3.8) is 0 Å². The Morgan fingerprint density at radius 1 is 1.40 bits per heavy atom. The van der Waals surface area contributed by atoms with Crippen molar-refractivity contribution in [3.05, 3.63) is 11.6 Å². The first-order chi connectivity index (χ1) is 7.10.